The number of rotatable bonds is 9. The molecule has 0 atom stereocenters. The van der Waals surface area contributed by atoms with Crippen molar-refractivity contribution in [2.24, 2.45) is 0 Å². The molecule has 0 aliphatic carbocycles. The van der Waals surface area contributed by atoms with Crippen molar-refractivity contribution in [2.75, 3.05) is 4.90 Å². The number of hydrogen-bond acceptors (Lipinski definition) is 2. The summed E-state index contributed by atoms with van der Waals surface area (Å²) in [6.07, 6.45) is 12.2. The Balaban J connectivity index is 1.32. The second kappa shape index (κ2) is 13.6. The highest BCUT2D eigenvalue weighted by atomic mass is 16.3. The molecular weight excluding hydrogens is 534 g/mol. The number of allylic oxidation sites excluding steroid dienone is 2. The number of anilines is 2. The summed E-state index contributed by atoms with van der Waals surface area (Å²) in [4.78, 5) is 2.18. The van der Waals surface area contributed by atoms with Crippen molar-refractivity contribution in [1.82, 2.24) is 0 Å². The number of hydrogen-bond donors (Lipinski definition) is 0. The third kappa shape index (κ3) is 6.88. The van der Waals surface area contributed by atoms with Crippen LogP contribution in [-0.2, 0) is 0 Å². The van der Waals surface area contributed by atoms with E-state index in [-0.39, 0.29) is 0 Å². The summed E-state index contributed by atoms with van der Waals surface area (Å²) in [7, 11) is 0. The number of benzene rings is 5. The number of nitrogens with zero attached hydrogens (tertiary/aromatic N) is 1. The van der Waals surface area contributed by atoms with Crippen LogP contribution in [0.4, 0.5) is 11.4 Å². The molecule has 2 nitrogen and oxygen atoms in total. The van der Waals surface area contributed by atoms with Crippen molar-refractivity contribution in [3.8, 4) is 0 Å². The zero-order valence-electron chi connectivity index (χ0n) is 25.1. The molecule has 2 heteroatoms. The van der Waals surface area contributed by atoms with Gasteiger partial charge in [-0.3, -0.25) is 0 Å². The van der Waals surface area contributed by atoms with Crippen LogP contribution >= 0.6 is 0 Å². The molecule has 6 aromatic rings. The van der Waals surface area contributed by atoms with Crippen LogP contribution < -0.4 is 4.90 Å². The van der Waals surface area contributed by atoms with Gasteiger partial charge in [0.15, 0.2) is 0 Å². The molecule has 0 amide bonds. The average molecular weight is 570 g/mol. The second-order valence-electron chi connectivity index (χ2n) is 10.9. The molecule has 0 aliphatic heterocycles. The van der Waals surface area contributed by atoms with Crippen LogP contribution in [-0.4, -0.2) is 0 Å². The highest BCUT2D eigenvalue weighted by Gasteiger charge is 2.13. The Morgan fingerprint density at radius 2 is 1.05 bits per heavy atom. The van der Waals surface area contributed by atoms with Gasteiger partial charge < -0.3 is 9.32 Å². The summed E-state index contributed by atoms with van der Waals surface area (Å²) < 4.78 is 5.51. The van der Waals surface area contributed by atoms with Crippen LogP contribution in [0.1, 0.15) is 38.9 Å². The minimum Gasteiger partial charge on any atom is -0.470 e. The molecule has 5 aromatic carbocycles. The van der Waals surface area contributed by atoms with E-state index in [1.807, 2.05) is 18.2 Å². The highest BCUT2D eigenvalue weighted by Crippen LogP contribution is 2.32. The maximum absolute atomic E-state index is 5.51. The molecule has 6 rings (SSSR count). The van der Waals surface area contributed by atoms with Crippen LogP contribution in [0.25, 0.3) is 17.2 Å². The minimum atomic E-state index is 0.960. The highest BCUT2D eigenvalue weighted by molar-refractivity contribution is 5.84. The first-order chi connectivity index (χ1) is 21.6. The van der Waals surface area contributed by atoms with Gasteiger partial charge in [0, 0.05) is 23.5 Å². The van der Waals surface area contributed by atoms with Crippen LogP contribution in [0.3, 0.4) is 0 Å². The van der Waals surface area contributed by atoms with Gasteiger partial charge in [-0.2, -0.15) is 0 Å². The third-order valence-corrected chi connectivity index (χ3v) is 7.66. The average Bonchev–Trinajstić information content (AvgIpc) is 3.61. The van der Waals surface area contributed by atoms with E-state index in [4.69, 9.17) is 4.42 Å². The Morgan fingerprint density at radius 1 is 0.523 bits per heavy atom. The predicted octanol–water partition coefficient (Wildman–Crippen LogP) is 11.3. The van der Waals surface area contributed by atoms with E-state index < -0.39 is 0 Å². The van der Waals surface area contributed by atoms with Gasteiger partial charge in [0.1, 0.15) is 6.26 Å². The fourth-order valence-electron chi connectivity index (χ4n) is 5.20. The SMILES string of the molecule is Cc1ccc(C(=C/C=C/c2ccc(N(C=C(c3ccccc3)c3ccccc3)c3ccoc3)cc2)c2ccc(C)cc2)cc1. The molecule has 1 heterocycles. The molecule has 0 unspecified atom stereocenters. The van der Waals surface area contributed by atoms with Gasteiger partial charge in [-0.15, -0.1) is 0 Å². The van der Waals surface area contributed by atoms with Crippen LogP contribution in [0.5, 0.6) is 0 Å². The molecule has 44 heavy (non-hydrogen) atoms. The molecule has 0 saturated carbocycles. The van der Waals surface area contributed by atoms with Crippen molar-refractivity contribution in [1.29, 1.82) is 0 Å². The predicted molar refractivity (Wildman–Crippen MR) is 186 cm³/mol. The summed E-state index contributed by atoms with van der Waals surface area (Å²) in [6.45, 7) is 4.24. The fraction of sp³-hybridized carbons (Fsp3) is 0.0476. The van der Waals surface area contributed by atoms with Crippen molar-refractivity contribution >= 4 is 28.6 Å². The third-order valence-electron chi connectivity index (χ3n) is 7.66. The summed E-state index contributed by atoms with van der Waals surface area (Å²) in [5, 5.41) is 0. The van der Waals surface area contributed by atoms with E-state index in [1.54, 1.807) is 12.5 Å². The monoisotopic (exact) mass is 569 g/mol. The minimum absolute atomic E-state index is 0.960. The number of aryl methyl sites for hydroxylation is 2. The zero-order chi connectivity index (χ0) is 30.1. The maximum atomic E-state index is 5.51. The Kier molecular flexibility index (Phi) is 8.80. The lowest BCUT2D eigenvalue weighted by molar-refractivity contribution is 0.567. The van der Waals surface area contributed by atoms with E-state index in [0.29, 0.717) is 0 Å². The first kappa shape index (κ1) is 28.5. The van der Waals surface area contributed by atoms with E-state index >= 15 is 0 Å². The van der Waals surface area contributed by atoms with E-state index in [1.165, 1.54) is 27.8 Å². The molecule has 0 N–H and O–H groups in total. The number of furan rings is 1. The van der Waals surface area contributed by atoms with Crippen LogP contribution in [0, 0.1) is 13.8 Å². The van der Waals surface area contributed by atoms with Gasteiger partial charge in [0.05, 0.1) is 12.0 Å². The summed E-state index contributed by atoms with van der Waals surface area (Å²) >= 11 is 0. The molecular formula is C42H35NO. The maximum Gasteiger partial charge on any atom is 0.114 e. The topological polar surface area (TPSA) is 16.4 Å². The normalized spacial score (nSPS) is 10.9. The molecule has 0 spiro atoms. The van der Waals surface area contributed by atoms with E-state index in [0.717, 1.165) is 33.6 Å². The molecule has 1 aromatic heterocycles. The van der Waals surface area contributed by atoms with Gasteiger partial charge in [-0.05, 0) is 59.4 Å². The Bertz CT molecular complexity index is 1770. The van der Waals surface area contributed by atoms with Gasteiger partial charge >= 0.3 is 0 Å². The summed E-state index contributed by atoms with van der Waals surface area (Å²) in [5.41, 5.74) is 12.7. The standard InChI is InChI=1S/C42H35NO/c1-32-16-22-37(23-17-32)41(38-24-18-33(2)19-25-38)15-9-10-34-20-26-39(27-21-34)43(40-28-29-44-31-40)30-42(35-11-5-3-6-12-35)36-13-7-4-8-14-36/h3-31H,1-2H3/b10-9+. The van der Waals surface area contributed by atoms with Crippen molar-refractivity contribution in [3.63, 3.8) is 0 Å². The van der Waals surface area contributed by atoms with E-state index in [9.17, 15) is 0 Å². The second-order valence-corrected chi connectivity index (χ2v) is 10.9. The smallest absolute Gasteiger partial charge is 0.114 e. The molecule has 214 valence electrons. The van der Waals surface area contributed by atoms with Gasteiger partial charge in [0.2, 0.25) is 0 Å². The molecule has 0 aliphatic rings. The molecule has 0 saturated heterocycles. The Morgan fingerprint density at radius 3 is 1.55 bits per heavy atom. The lowest BCUT2D eigenvalue weighted by Crippen LogP contribution is -2.09. The zero-order valence-corrected chi connectivity index (χ0v) is 25.1. The lowest BCUT2D eigenvalue weighted by atomic mass is 9.96. The molecule has 0 fully saturated rings. The van der Waals surface area contributed by atoms with Crippen LogP contribution in [0.15, 0.2) is 175 Å². The summed E-state index contributed by atoms with van der Waals surface area (Å²) in [5.74, 6) is 0. The Hall–Kier alpha value is -5.60. The largest absolute Gasteiger partial charge is 0.470 e. The fourth-order valence-corrected chi connectivity index (χ4v) is 5.20. The Labute approximate surface area is 260 Å². The first-order valence-electron chi connectivity index (χ1n) is 14.9. The first-order valence-corrected chi connectivity index (χ1v) is 14.9. The van der Waals surface area contributed by atoms with Crippen LogP contribution in [0.2, 0.25) is 0 Å². The van der Waals surface area contributed by atoms with Gasteiger partial charge in [-0.1, -0.05) is 151 Å². The van der Waals surface area contributed by atoms with Gasteiger partial charge in [-0.25, -0.2) is 0 Å². The van der Waals surface area contributed by atoms with Crippen molar-refractivity contribution < 1.29 is 4.42 Å². The van der Waals surface area contributed by atoms with Gasteiger partial charge in [0.25, 0.3) is 0 Å². The quantitative estimate of drug-likeness (QED) is 0.161. The summed E-state index contributed by atoms with van der Waals surface area (Å²) in [6, 6.07) is 49.1. The van der Waals surface area contributed by atoms with E-state index in [2.05, 4.69) is 165 Å². The lowest BCUT2D eigenvalue weighted by Gasteiger charge is -2.22. The molecule has 0 radical (unpaired) electrons. The van der Waals surface area contributed by atoms with Crippen molar-refractivity contribution in [2.45, 2.75) is 13.8 Å². The molecule has 0 bridgehead atoms. The van der Waals surface area contributed by atoms with Crippen molar-refractivity contribution in [3.05, 3.63) is 209 Å².